The van der Waals surface area contributed by atoms with Crippen LogP contribution in [-0.4, -0.2) is 25.9 Å². The molecule has 1 fully saturated rings. The Balaban J connectivity index is 1.49. The minimum Gasteiger partial charge on any atom is -0.321 e. The van der Waals surface area contributed by atoms with Crippen LogP contribution in [0.1, 0.15) is 47.0 Å². The van der Waals surface area contributed by atoms with Gasteiger partial charge in [0.15, 0.2) is 0 Å². The average Bonchev–Trinajstić information content (AvgIpc) is 3.35. The maximum Gasteiger partial charge on any atom is 0.267 e. The van der Waals surface area contributed by atoms with Crippen molar-refractivity contribution < 1.29 is 4.79 Å². The van der Waals surface area contributed by atoms with Crippen LogP contribution in [0.15, 0.2) is 42.2 Å². The normalized spacial score (nSPS) is 14.8. The predicted octanol–water partition coefficient (Wildman–Crippen LogP) is 3.63. The average molecular weight is 339 g/mol. The minimum atomic E-state index is -0.0793. The molecule has 0 spiro atoms. The molecule has 0 aliphatic heterocycles. The lowest BCUT2D eigenvalue weighted by Gasteiger charge is -2.10. The summed E-state index contributed by atoms with van der Waals surface area (Å²) >= 11 is 1.42. The number of nitrogens with zero attached hydrogens (tertiary/aromatic N) is 4. The van der Waals surface area contributed by atoms with Crippen LogP contribution in [0.5, 0.6) is 0 Å². The predicted molar refractivity (Wildman–Crippen MR) is 92.6 cm³/mol. The van der Waals surface area contributed by atoms with E-state index in [1.807, 2.05) is 24.3 Å². The molecule has 0 atom stereocenters. The highest BCUT2D eigenvalue weighted by Gasteiger charge is 2.25. The van der Waals surface area contributed by atoms with Crippen LogP contribution in [0.4, 0.5) is 5.69 Å². The van der Waals surface area contributed by atoms with Gasteiger partial charge in [0.1, 0.15) is 4.88 Å². The van der Waals surface area contributed by atoms with Crippen LogP contribution >= 0.6 is 11.3 Å². The van der Waals surface area contributed by atoms with Gasteiger partial charge in [0.25, 0.3) is 5.91 Å². The van der Waals surface area contributed by atoms with Crippen molar-refractivity contribution in [3.63, 3.8) is 0 Å². The Morgan fingerprint density at radius 1 is 1.12 bits per heavy atom. The van der Waals surface area contributed by atoms with Crippen molar-refractivity contribution in [3.05, 3.63) is 52.7 Å². The van der Waals surface area contributed by atoms with E-state index in [9.17, 15) is 4.79 Å². The maximum absolute atomic E-state index is 12.6. The number of carbonyl (C=O) groups excluding carboxylic acids is 1. The lowest BCUT2D eigenvalue weighted by molar-refractivity contribution is 0.102. The van der Waals surface area contributed by atoms with E-state index >= 15 is 0 Å². The van der Waals surface area contributed by atoms with Crippen molar-refractivity contribution in [2.45, 2.75) is 31.6 Å². The topological polar surface area (TPSA) is 72.7 Å². The molecule has 6 nitrogen and oxygen atoms in total. The number of hydrogen-bond donors (Lipinski definition) is 1. The van der Waals surface area contributed by atoms with Gasteiger partial charge in [0.2, 0.25) is 0 Å². The highest BCUT2D eigenvalue weighted by atomic mass is 32.1. The van der Waals surface area contributed by atoms with Gasteiger partial charge in [0.05, 0.1) is 29.3 Å². The molecule has 1 saturated carbocycles. The Kier molecular flexibility index (Phi) is 4.08. The molecule has 0 unspecified atom stereocenters. The molecule has 3 aromatic rings. The highest BCUT2D eigenvalue weighted by molar-refractivity contribution is 7.12. The summed E-state index contributed by atoms with van der Waals surface area (Å²) in [7, 11) is 0. The van der Waals surface area contributed by atoms with Gasteiger partial charge in [-0.1, -0.05) is 12.8 Å². The molecular weight excluding hydrogens is 322 g/mol. The molecule has 1 N–H and O–H groups in total. The molecule has 1 aliphatic rings. The molecule has 1 amide bonds. The second-order valence-corrected chi connectivity index (χ2v) is 6.72. The fourth-order valence-electron chi connectivity index (χ4n) is 3.13. The number of carbonyl (C=O) groups is 1. The molecule has 122 valence electrons. The summed E-state index contributed by atoms with van der Waals surface area (Å²) in [6.07, 6.45) is 7.98. The largest absolute Gasteiger partial charge is 0.321 e. The van der Waals surface area contributed by atoms with Crippen LogP contribution in [0, 0.1) is 0 Å². The number of rotatable bonds is 4. The summed E-state index contributed by atoms with van der Waals surface area (Å²) in [4.78, 5) is 19.3. The van der Waals surface area contributed by atoms with Crippen LogP contribution in [0.3, 0.4) is 0 Å². The third-order valence-corrected chi connectivity index (χ3v) is 5.16. The zero-order chi connectivity index (χ0) is 16.4. The molecule has 0 bridgehead atoms. The second kappa shape index (κ2) is 6.52. The summed E-state index contributed by atoms with van der Waals surface area (Å²) in [5.41, 5.74) is 4.34. The number of amides is 1. The van der Waals surface area contributed by atoms with E-state index in [2.05, 4.69) is 20.5 Å². The van der Waals surface area contributed by atoms with Gasteiger partial charge in [-0.2, -0.15) is 15.0 Å². The monoisotopic (exact) mass is 339 g/mol. The quantitative estimate of drug-likeness (QED) is 0.788. The Bertz CT molecular complexity index is 819. The van der Waals surface area contributed by atoms with E-state index in [0.29, 0.717) is 5.92 Å². The zero-order valence-corrected chi connectivity index (χ0v) is 13.9. The van der Waals surface area contributed by atoms with Crippen LogP contribution in [0.2, 0.25) is 0 Å². The van der Waals surface area contributed by atoms with Gasteiger partial charge in [-0.15, -0.1) is 11.3 Å². The van der Waals surface area contributed by atoms with E-state index in [1.54, 1.807) is 17.9 Å². The van der Waals surface area contributed by atoms with Gasteiger partial charge >= 0.3 is 0 Å². The van der Waals surface area contributed by atoms with E-state index in [-0.39, 0.29) is 5.91 Å². The fraction of sp³-hybridized carbons (Fsp3) is 0.294. The van der Waals surface area contributed by atoms with Gasteiger partial charge in [-0.3, -0.25) is 4.79 Å². The Hall–Kier alpha value is -2.54. The van der Waals surface area contributed by atoms with Gasteiger partial charge in [0, 0.05) is 11.6 Å². The molecular formula is C17H17N5OS. The third kappa shape index (κ3) is 2.94. The van der Waals surface area contributed by atoms with Crippen molar-refractivity contribution in [2.75, 3.05) is 5.32 Å². The Morgan fingerprint density at radius 3 is 2.54 bits per heavy atom. The Morgan fingerprint density at radius 2 is 1.83 bits per heavy atom. The van der Waals surface area contributed by atoms with E-state index in [1.165, 1.54) is 29.0 Å². The van der Waals surface area contributed by atoms with E-state index < -0.39 is 0 Å². The first kappa shape index (κ1) is 15.0. The number of nitrogens with one attached hydrogen (secondary N) is 1. The number of benzene rings is 1. The molecule has 2 aromatic heterocycles. The molecule has 0 radical (unpaired) electrons. The zero-order valence-electron chi connectivity index (χ0n) is 13.1. The van der Waals surface area contributed by atoms with Crippen LogP contribution in [-0.2, 0) is 0 Å². The SMILES string of the molecule is O=C(Nc1ccc(-n2nccn2)cc1)c1scnc1C1CCCC1. The summed E-state index contributed by atoms with van der Waals surface area (Å²) in [5.74, 6) is 0.356. The third-order valence-electron chi connectivity index (χ3n) is 4.32. The first-order valence-corrected chi connectivity index (χ1v) is 8.91. The standard InChI is InChI=1S/C17H17N5OS/c23-17(16-15(18-11-24-16)12-3-1-2-4-12)21-13-5-7-14(8-6-13)22-19-9-10-20-22/h5-12H,1-4H2,(H,21,23). The lowest BCUT2D eigenvalue weighted by atomic mass is 10.0. The second-order valence-electron chi connectivity index (χ2n) is 5.87. The number of thiazole rings is 1. The van der Waals surface area contributed by atoms with Gasteiger partial charge < -0.3 is 5.32 Å². The molecule has 1 aliphatic carbocycles. The minimum absolute atomic E-state index is 0.0793. The molecule has 7 heteroatoms. The Labute approximate surface area is 143 Å². The van der Waals surface area contributed by atoms with Crippen LogP contribution < -0.4 is 5.32 Å². The number of hydrogen-bond acceptors (Lipinski definition) is 5. The molecule has 24 heavy (non-hydrogen) atoms. The molecule has 0 saturated heterocycles. The molecule has 2 heterocycles. The van der Waals surface area contributed by atoms with Gasteiger partial charge in [-0.05, 0) is 37.1 Å². The molecule has 4 rings (SSSR count). The smallest absolute Gasteiger partial charge is 0.267 e. The highest BCUT2D eigenvalue weighted by Crippen LogP contribution is 2.36. The lowest BCUT2D eigenvalue weighted by Crippen LogP contribution is -2.13. The maximum atomic E-state index is 12.6. The van der Waals surface area contributed by atoms with Crippen molar-refractivity contribution in [1.29, 1.82) is 0 Å². The summed E-state index contributed by atoms with van der Waals surface area (Å²) in [6, 6.07) is 7.46. The fourth-order valence-corrected chi connectivity index (χ4v) is 3.90. The summed E-state index contributed by atoms with van der Waals surface area (Å²) < 4.78 is 0. The molecule has 1 aromatic carbocycles. The van der Waals surface area contributed by atoms with Crippen molar-refractivity contribution in [1.82, 2.24) is 20.0 Å². The van der Waals surface area contributed by atoms with Crippen molar-refractivity contribution >= 4 is 22.9 Å². The van der Waals surface area contributed by atoms with Crippen LogP contribution in [0.25, 0.3) is 5.69 Å². The van der Waals surface area contributed by atoms with E-state index in [4.69, 9.17) is 0 Å². The number of anilines is 1. The summed E-state index contributed by atoms with van der Waals surface area (Å²) in [5, 5.41) is 11.1. The van der Waals surface area contributed by atoms with Crippen molar-refractivity contribution in [3.8, 4) is 5.69 Å². The first-order chi connectivity index (χ1) is 11.8. The van der Waals surface area contributed by atoms with Crippen molar-refractivity contribution in [2.24, 2.45) is 0 Å². The number of aromatic nitrogens is 4. The van der Waals surface area contributed by atoms with Gasteiger partial charge in [-0.25, -0.2) is 4.98 Å². The van der Waals surface area contributed by atoms with E-state index in [0.717, 1.165) is 34.8 Å². The summed E-state index contributed by atoms with van der Waals surface area (Å²) in [6.45, 7) is 0. The first-order valence-electron chi connectivity index (χ1n) is 8.03.